The van der Waals surface area contributed by atoms with Crippen molar-refractivity contribution in [3.05, 3.63) is 84.1 Å². The van der Waals surface area contributed by atoms with Gasteiger partial charge in [0.25, 0.3) is 0 Å². The second kappa shape index (κ2) is 14.7. The molecule has 2 aromatic carbocycles. The Morgan fingerprint density at radius 2 is 1.66 bits per heavy atom. The molecule has 0 aliphatic carbocycles. The first kappa shape index (κ1) is 27.7. The van der Waals surface area contributed by atoms with E-state index in [2.05, 4.69) is 10.3 Å². The van der Waals surface area contributed by atoms with Crippen molar-refractivity contribution >= 4 is 24.8 Å². The Labute approximate surface area is 201 Å². The number of rotatable bonds is 11. The minimum Gasteiger partial charge on any atom is -0.491 e. The number of halogens is 2. The number of hydrogen-bond acceptors (Lipinski definition) is 6. The minimum absolute atomic E-state index is 0. The number of pyridine rings is 1. The highest BCUT2D eigenvalue weighted by atomic mass is 35.5. The summed E-state index contributed by atoms with van der Waals surface area (Å²) >= 11 is 0. The summed E-state index contributed by atoms with van der Waals surface area (Å²) < 4.78 is 11.4. The molecule has 0 amide bonds. The van der Waals surface area contributed by atoms with E-state index in [0.717, 1.165) is 16.9 Å². The van der Waals surface area contributed by atoms with Crippen molar-refractivity contribution in [2.75, 3.05) is 19.8 Å². The van der Waals surface area contributed by atoms with Crippen molar-refractivity contribution in [2.45, 2.75) is 25.5 Å². The van der Waals surface area contributed by atoms with Crippen LogP contribution >= 0.6 is 24.8 Å². The molecule has 0 aliphatic rings. The predicted molar refractivity (Wildman–Crippen MR) is 131 cm³/mol. The van der Waals surface area contributed by atoms with E-state index in [1.807, 2.05) is 73.7 Å². The third-order valence-corrected chi connectivity index (χ3v) is 4.63. The van der Waals surface area contributed by atoms with Crippen LogP contribution in [0.5, 0.6) is 17.4 Å². The van der Waals surface area contributed by atoms with Crippen LogP contribution in [0, 0.1) is 6.92 Å². The Bertz CT molecular complexity index is 898. The fourth-order valence-corrected chi connectivity index (χ4v) is 2.94. The molecule has 6 nitrogen and oxygen atoms in total. The molecule has 3 aromatic rings. The summed E-state index contributed by atoms with van der Waals surface area (Å²) in [7, 11) is 0. The summed E-state index contributed by atoms with van der Waals surface area (Å²) in [6, 6.07) is 20.7. The van der Waals surface area contributed by atoms with E-state index in [4.69, 9.17) is 9.47 Å². The molecule has 0 saturated heterocycles. The zero-order valence-electron chi connectivity index (χ0n) is 17.9. The van der Waals surface area contributed by atoms with E-state index >= 15 is 0 Å². The van der Waals surface area contributed by atoms with E-state index in [1.54, 1.807) is 6.20 Å². The molecule has 1 heterocycles. The average molecular weight is 481 g/mol. The van der Waals surface area contributed by atoms with Crippen molar-refractivity contribution in [2.24, 2.45) is 0 Å². The number of hydrogen-bond donors (Lipinski definition) is 3. The van der Waals surface area contributed by atoms with Crippen molar-refractivity contribution in [3.63, 3.8) is 0 Å². The van der Waals surface area contributed by atoms with Crippen LogP contribution in [0.1, 0.15) is 11.1 Å². The Balaban J connectivity index is 0.00000256. The monoisotopic (exact) mass is 480 g/mol. The topological polar surface area (TPSA) is 83.8 Å². The SMILES string of the molecule is Cc1cccnc1Oc1ccc(C[C@@H](CO)NC[C@H](O)COc2ccccc2)cc1.Cl.Cl. The molecular formula is C24H30Cl2N2O4. The molecule has 174 valence electrons. The van der Waals surface area contributed by atoms with Gasteiger partial charge in [0.05, 0.1) is 6.61 Å². The molecule has 3 N–H and O–H groups in total. The highest BCUT2D eigenvalue weighted by molar-refractivity contribution is 5.85. The summed E-state index contributed by atoms with van der Waals surface area (Å²) in [6.07, 6.45) is 1.66. The first-order chi connectivity index (χ1) is 14.6. The van der Waals surface area contributed by atoms with Gasteiger partial charge in [0.15, 0.2) is 0 Å². The van der Waals surface area contributed by atoms with Crippen LogP contribution in [-0.2, 0) is 6.42 Å². The molecular weight excluding hydrogens is 451 g/mol. The number of aliphatic hydroxyl groups is 2. The smallest absolute Gasteiger partial charge is 0.222 e. The lowest BCUT2D eigenvalue weighted by Crippen LogP contribution is -2.41. The summed E-state index contributed by atoms with van der Waals surface area (Å²) in [5, 5.41) is 23.0. The first-order valence-corrected chi connectivity index (χ1v) is 10.0. The Hall–Kier alpha value is -2.35. The molecule has 1 aromatic heterocycles. The van der Waals surface area contributed by atoms with Crippen LogP contribution in [0.4, 0.5) is 0 Å². The van der Waals surface area contributed by atoms with Crippen molar-refractivity contribution in [3.8, 4) is 17.4 Å². The van der Waals surface area contributed by atoms with Crippen LogP contribution in [0.25, 0.3) is 0 Å². The zero-order valence-corrected chi connectivity index (χ0v) is 19.5. The second-order valence-corrected chi connectivity index (χ2v) is 7.14. The van der Waals surface area contributed by atoms with Gasteiger partial charge in [0.1, 0.15) is 24.2 Å². The minimum atomic E-state index is -0.670. The maximum absolute atomic E-state index is 10.1. The first-order valence-electron chi connectivity index (χ1n) is 10.0. The lowest BCUT2D eigenvalue weighted by atomic mass is 10.1. The maximum Gasteiger partial charge on any atom is 0.222 e. The van der Waals surface area contributed by atoms with Gasteiger partial charge in [-0.2, -0.15) is 0 Å². The second-order valence-electron chi connectivity index (χ2n) is 7.14. The van der Waals surface area contributed by atoms with Gasteiger partial charge >= 0.3 is 0 Å². The maximum atomic E-state index is 10.1. The van der Waals surface area contributed by atoms with Crippen LogP contribution in [0.2, 0.25) is 0 Å². The van der Waals surface area contributed by atoms with E-state index < -0.39 is 6.10 Å². The quantitative estimate of drug-likeness (QED) is 0.385. The number of aryl methyl sites for hydroxylation is 1. The number of nitrogens with zero attached hydrogens (tertiary/aromatic N) is 1. The fourth-order valence-electron chi connectivity index (χ4n) is 2.94. The van der Waals surface area contributed by atoms with Gasteiger partial charge in [-0.05, 0) is 49.2 Å². The molecule has 0 aliphatic heterocycles. The summed E-state index contributed by atoms with van der Waals surface area (Å²) in [4.78, 5) is 4.23. The number of aliphatic hydroxyl groups excluding tert-OH is 2. The number of nitrogens with one attached hydrogen (secondary N) is 1. The van der Waals surface area contributed by atoms with Gasteiger partial charge in [0.2, 0.25) is 5.88 Å². The largest absolute Gasteiger partial charge is 0.491 e. The highest BCUT2D eigenvalue weighted by Crippen LogP contribution is 2.22. The van der Waals surface area contributed by atoms with Crippen LogP contribution in [-0.4, -0.2) is 47.1 Å². The van der Waals surface area contributed by atoms with Gasteiger partial charge in [0, 0.05) is 24.3 Å². The van der Waals surface area contributed by atoms with Gasteiger partial charge in [-0.15, -0.1) is 24.8 Å². The Kier molecular flexibility index (Phi) is 12.7. The number of benzene rings is 2. The van der Waals surface area contributed by atoms with Crippen LogP contribution in [0.15, 0.2) is 72.9 Å². The molecule has 0 saturated carbocycles. The molecule has 0 unspecified atom stereocenters. The van der Waals surface area contributed by atoms with Crippen molar-refractivity contribution < 1.29 is 19.7 Å². The molecule has 0 bridgehead atoms. The van der Waals surface area contributed by atoms with E-state index in [0.29, 0.717) is 24.6 Å². The molecule has 3 rings (SSSR count). The lowest BCUT2D eigenvalue weighted by Gasteiger charge is -2.19. The highest BCUT2D eigenvalue weighted by Gasteiger charge is 2.12. The number of ether oxygens (including phenoxy) is 2. The van der Waals surface area contributed by atoms with E-state index in [1.165, 1.54) is 0 Å². The zero-order chi connectivity index (χ0) is 21.2. The average Bonchev–Trinajstić information content (AvgIpc) is 2.78. The lowest BCUT2D eigenvalue weighted by molar-refractivity contribution is 0.0997. The summed E-state index contributed by atoms with van der Waals surface area (Å²) in [5.41, 5.74) is 2.03. The van der Waals surface area contributed by atoms with Gasteiger partial charge in [-0.3, -0.25) is 0 Å². The third-order valence-electron chi connectivity index (χ3n) is 4.63. The normalized spacial score (nSPS) is 12.1. The van der Waals surface area contributed by atoms with Crippen LogP contribution in [0.3, 0.4) is 0 Å². The summed E-state index contributed by atoms with van der Waals surface area (Å²) in [5.74, 6) is 2.02. The van der Waals surface area contributed by atoms with Crippen LogP contribution < -0.4 is 14.8 Å². The molecule has 8 heteroatoms. The van der Waals surface area contributed by atoms with E-state index in [9.17, 15) is 10.2 Å². The van der Waals surface area contributed by atoms with E-state index in [-0.39, 0.29) is 44.1 Å². The molecule has 32 heavy (non-hydrogen) atoms. The standard InChI is InChI=1S/C24H28N2O4.2ClH/c1-18-6-5-13-25-24(18)30-23-11-9-19(10-12-23)14-20(16-27)26-15-21(28)17-29-22-7-3-2-4-8-22;;/h2-13,20-21,26-28H,14-17H2,1H3;2*1H/t20-,21-;;/m0../s1. The number of aromatic nitrogens is 1. The molecule has 0 spiro atoms. The number of para-hydroxylation sites is 1. The predicted octanol–water partition coefficient (Wildman–Crippen LogP) is 3.96. The molecule has 0 radical (unpaired) electrons. The van der Waals surface area contributed by atoms with Gasteiger partial charge < -0.3 is 25.0 Å². The van der Waals surface area contributed by atoms with Crippen molar-refractivity contribution in [1.82, 2.24) is 10.3 Å². The summed E-state index contributed by atoms with van der Waals surface area (Å²) in [6.45, 7) is 2.44. The van der Waals surface area contributed by atoms with Gasteiger partial charge in [-0.25, -0.2) is 4.98 Å². The Morgan fingerprint density at radius 3 is 2.31 bits per heavy atom. The third kappa shape index (κ3) is 9.02. The molecule has 0 fully saturated rings. The van der Waals surface area contributed by atoms with Gasteiger partial charge in [-0.1, -0.05) is 36.4 Å². The Morgan fingerprint density at radius 1 is 0.938 bits per heavy atom. The fraction of sp³-hybridized carbons (Fsp3) is 0.292. The molecule has 2 atom stereocenters. The van der Waals surface area contributed by atoms with Crippen molar-refractivity contribution in [1.29, 1.82) is 0 Å².